The fraction of sp³-hybridized carbons (Fsp3) is 0.308. The lowest BCUT2D eigenvalue weighted by atomic mass is 10.1. The van der Waals surface area contributed by atoms with E-state index in [1.54, 1.807) is 13.2 Å². The molecule has 0 saturated heterocycles. The van der Waals surface area contributed by atoms with Crippen molar-refractivity contribution in [3.63, 3.8) is 0 Å². The third-order valence-electron chi connectivity index (χ3n) is 5.68. The van der Waals surface area contributed by atoms with Gasteiger partial charge in [0.05, 0.1) is 12.7 Å². The molecular formula is C26H28N4O4S. The van der Waals surface area contributed by atoms with Crippen LogP contribution in [0.1, 0.15) is 32.3 Å². The number of carbonyl (C=O) groups is 1. The van der Waals surface area contributed by atoms with Crippen molar-refractivity contribution in [2.75, 3.05) is 20.3 Å². The molecule has 182 valence electrons. The first-order valence-electron chi connectivity index (χ1n) is 11.5. The molecule has 0 spiro atoms. The summed E-state index contributed by atoms with van der Waals surface area (Å²) in [5, 5.41) is 15.9. The summed E-state index contributed by atoms with van der Waals surface area (Å²) in [6.45, 7) is 5.01. The fourth-order valence-corrected chi connectivity index (χ4v) is 4.78. The fourth-order valence-electron chi connectivity index (χ4n) is 3.63. The van der Waals surface area contributed by atoms with Gasteiger partial charge in [0.1, 0.15) is 35.5 Å². The Kier molecular flexibility index (Phi) is 7.87. The molecule has 2 aliphatic rings. The van der Waals surface area contributed by atoms with Crippen LogP contribution in [0.3, 0.4) is 0 Å². The number of nitrogens with one attached hydrogen (secondary N) is 1. The second-order valence-corrected chi connectivity index (χ2v) is 8.90. The number of hydrazone groups is 1. The average Bonchev–Trinajstić information content (AvgIpc) is 3.30. The van der Waals surface area contributed by atoms with Gasteiger partial charge in [-0.15, -0.1) is 0 Å². The minimum atomic E-state index is -0.425. The maximum absolute atomic E-state index is 12.6. The quantitative estimate of drug-likeness (QED) is 0.361. The van der Waals surface area contributed by atoms with E-state index in [0.29, 0.717) is 30.0 Å². The highest BCUT2D eigenvalue weighted by Crippen LogP contribution is 2.33. The average molecular weight is 493 g/mol. The van der Waals surface area contributed by atoms with Gasteiger partial charge in [-0.25, -0.2) is 0 Å². The highest BCUT2D eigenvalue weighted by atomic mass is 32.2. The van der Waals surface area contributed by atoms with Crippen LogP contribution in [-0.4, -0.2) is 47.3 Å². The third kappa shape index (κ3) is 5.74. The monoisotopic (exact) mass is 492 g/mol. The van der Waals surface area contributed by atoms with Crippen molar-refractivity contribution in [3.05, 3.63) is 59.7 Å². The molecule has 8 nitrogen and oxygen atoms in total. The van der Waals surface area contributed by atoms with Crippen molar-refractivity contribution in [3.8, 4) is 17.2 Å². The molecule has 0 saturated carbocycles. The molecule has 0 aliphatic carbocycles. The zero-order chi connectivity index (χ0) is 24.8. The first kappa shape index (κ1) is 24.5. The molecule has 2 aromatic rings. The summed E-state index contributed by atoms with van der Waals surface area (Å²) in [5.74, 6) is 2.13. The van der Waals surface area contributed by atoms with E-state index in [1.807, 2.05) is 48.5 Å². The van der Waals surface area contributed by atoms with Crippen LogP contribution in [-0.2, 0) is 4.79 Å². The van der Waals surface area contributed by atoms with Gasteiger partial charge in [-0.2, -0.15) is 15.1 Å². The van der Waals surface area contributed by atoms with Gasteiger partial charge in [-0.05, 0) is 72.6 Å². The highest BCUT2D eigenvalue weighted by Gasteiger charge is 2.37. The largest absolute Gasteiger partial charge is 0.497 e. The predicted molar refractivity (Wildman–Crippen MR) is 140 cm³/mol. The van der Waals surface area contributed by atoms with Gasteiger partial charge >= 0.3 is 0 Å². The maximum atomic E-state index is 12.6. The van der Waals surface area contributed by atoms with Crippen LogP contribution < -0.4 is 14.2 Å². The lowest BCUT2D eigenvalue weighted by Gasteiger charge is -2.20. The zero-order valence-corrected chi connectivity index (χ0v) is 20.8. The lowest BCUT2D eigenvalue weighted by molar-refractivity contribution is -0.114. The van der Waals surface area contributed by atoms with Crippen LogP contribution in [0.5, 0.6) is 17.2 Å². The Morgan fingerprint density at radius 1 is 0.971 bits per heavy atom. The molecule has 2 aliphatic heterocycles. The van der Waals surface area contributed by atoms with Crippen molar-refractivity contribution in [1.82, 2.24) is 5.01 Å². The Bertz CT molecular complexity index is 1170. The number of carbonyl (C=O) groups excluding carboxylic acids is 1. The number of benzene rings is 2. The van der Waals surface area contributed by atoms with Crippen molar-refractivity contribution >= 4 is 39.8 Å². The van der Waals surface area contributed by atoms with Crippen LogP contribution in [0.25, 0.3) is 6.08 Å². The topological polar surface area (TPSA) is 96.6 Å². The SMILES string of the molecule is CCC(CC)C1=NN2C(=N)/C(=C\c3ccc(OCCOc4ccc(OC)cc4)cc3)C(=O)N=C2S1. The molecule has 1 amide bonds. The van der Waals surface area contributed by atoms with E-state index in [2.05, 4.69) is 23.9 Å². The standard InChI is InChI=1S/C26H28N4O4S/c1-4-18(5-2)25-29-30-23(27)22(24(31)28-26(30)35-25)16-17-6-8-20(9-7-17)33-14-15-34-21-12-10-19(32-3)11-13-21/h6-13,16,18,27H,4-5,14-15H2,1-3H3/b22-16+,27-23?. The highest BCUT2D eigenvalue weighted by molar-refractivity contribution is 8.27. The van der Waals surface area contributed by atoms with E-state index in [-0.39, 0.29) is 11.4 Å². The number of hydrogen-bond acceptors (Lipinski definition) is 7. The van der Waals surface area contributed by atoms with Crippen LogP contribution in [0.2, 0.25) is 0 Å². The normalized spacial score (nSPS) is 16.3. The lowest BCUT2D eigenvalue weighted by Crippen LogP contribution is -2.35. The van der Waals surface area contributed by atoms with Crippen molar-refractivity contribution < 1.29 is 19.0 Å². The van der Waals surface area contributed by atoms with Crippen LogP contribution in [0.15, 0.2) is 64.2 Å². The van der Waals surface area contributed by atoms with E-state index < -0.39 is 5.91 Å². The molecule has 9 heteroatoms. The number of thioether (sulfide) groups is 1. The Balaban J connectivity index is 1.35. The van der Waals surface area contributed by atoms with Gasteiger partial charge < -0.3 is 14.2 Å². The molecule has 35 heavy (non-hydrogen) atoms. The van der Waals surface area contributed by atoms with Gasteiger partial charge in [-0.1, -0.05) is 26.0 Å². The number of rotatable bonds is 10. The number of ether oxygens (including phenoxy) is 3. The number of amides is 1. The molecule has 0 atom stereocenters. The molecule has 4 rings (SSSR count). The number of hydrogen-bond donors (Lipinski definition) is 1. The van der Waals surface area contributed by atoms with E-state index in [1.165, 1.54) is 16.8 Å². The van der Waals surface area contributed by atoms with Crippen molar-refractivity contribution in [1.29, 1.82) is 5.41 Å². The zero-order valence-electron chi connectivity index (χ0n) is 20.0. The third-order valence-corrected chi connectivity index (χ3v) is 6.75. The van der Waals surface area contributed by atoms with Gasteiger partial charge in [0.2, 0.25) is 5.17 Å². The van der Waals surface area contributed by atoms with Gasteiger partial charge in [0.25, 0.3) is 5.91 Å². The first-order chi connectivity index (χ1) is 17.0. The van der Waals surface area contributed by atoms with Gasteiger partial charge in [-0.3, -0.25) is 10.2 Å². The Morgan fingerprint density at radius 2 is 1.54 bits per heavy atom. The first-order valence-corrected chi connectivity index (χ1v) is 12.3. The summed E-state index contributed by atoms with van der Waals surface area (Å²) in [7, 11) is 1.62. The number of nitrogens with zero attached hydrogens (tertiary/aromatic N) is 3. The number of fused-ring (bicyclic) bond motifs is 1. The van der Waals surface area contributed by atoms with Crippen LogP contribution >= 0.6 is 11.8 Å². The van der Waals surface area contributed by atoms with Gasteiger partial charge in [0.15, 0.2) is 5.84 Å². The Labute approximate surface area is 209 Å². The van der Waals surface area contributed by atoms with Gasteiger partial charge in [0, 0.05) is 5.92 Å². The van der Waals surface area contributed by atoms with E-state index in [4.69, 9.17) is 19.6 Å². The summed E-state index contributed by atoms with van der Waals surface area (Å²) in [5.41, 5.74) is 0.986. The van der Waals surface area contributed by atoms with E-state index in [0.717, 1.165) is 34.9 Å². The van der Waals surface area contributed by atoms with E-state index in [9.17, 15) is 4.79 Å². The molecule has 0 radical (unpaired) electrons. The second-order valence-electron chi connectivity index (χ2n) is 7.91. The maximum Gasteiger partial charge on any atom is 0.283 e. The smallest absolute Gasteiger partial charge is 0.283 e. The minimum Gasteiger partial charge on any atom is -0.497 e. The second kappa shape index (κ2) is 11.2. The molecule has 2 aromatic carbocycles. The van der Waals surface area contributed by atoms with Crippen LogP contribution in [0.4, 0.5) is 0 Å². The summed E-state index contributed by atoms with van der Waals surface area (Å²) in [6.07, 6.45) is 3.57. The molecule has 2 heterocycles. The van der Waals surface area contributed by atoms with Crippen molar-refractivity contribution in [2.24, 2.45) is 16.0 Å². The summed E-state index contributed by atoms with van der Waals surface area (Å²) in [4.78, 5) is 16.8. The molecule has 1 N–H and O–H groups in total. The Hall–Kier alpha value is -3.59. The number of amidine groups is 2. The summed E-state index contributed by atoms with van der Waals surface area (Å²) in [6, 6.07) is 14.7. The number of aliphatic imine (C=N–C) groups is 1. The summed E-state index contributed by atoms with van der Waals surface area (Å²) >= 11 is 1.38. The summed E-state index contributed by atoms with van der Waals surface area (Å²) < 4.78 is 16.5. The predicted octanol–water partition coefficient (Wildman–Crippen LogP) is 5.21. The van der Waals surface area contributed by atoms with E-state index >= 15 is 0 Å². The molecule has 0 aromatic heterocycles. The minimum absolute atomic E-state index is 0.0458. The van der Waals surface area contributed by atoms with Crippen molar-refractivity contribution in [2.45, 2.75) is 26.7 Å². The molecule has 0 bridgehead atoms. The molecule has 0 unspecified atom stereocenters. The molecular weight excluding hydrogens is 464 g/mol. The Morgan fingerprint density at radius 3 is 2.11 bits per heavy atom. The van der Waals surface area contributed by atoms with Crippen LogP contribution in [0, 0.1) is 11.3 Å². The molecule has 0 fully saturated rings. The number of methoxy groups -OCH3 is 1.